The van der Waals surface area contributed by atoms with Crippen molar-refractivity contribution in [1.29, 1.82) is 0 Å². The van der Waals surface area contributed by atoms with E-state index in [0.29, 0.717) is 23.0 Å². The largest absolute Gasteiger partial charge is 0.360 e. The molecule has 5 heteroatoms. The summed E-state index contributed by atoms with van der Waals surface area (Å²) < 4.78 is 13.1. The number of hydrogen-bond acceptors (Lipinski definition) is 2. The van der Waals surface area contributed by atoms with Gasteiger partial charge in [-0.3, -0.25) is 9.78 Å². The Labute approximate surface area is 114 Å². The van der Waals surface area contributed by atoms with E-state index in [4.69, 9.17) is 0 Å². The first-order valence-electron chi connectivity index (χ1n) is 6.18. The standard InChI is InChI=1S/C15H12FN3O/c16-11-3-4-12-13(9-18-14(12)6-11)15(20)19-8-10-2-1-5-17-7-10/h1-7,9,18H,8H2,(H,19,20). The van der Waals surface area contributed by atoms with Crippen LogP contribution in [0.15, 0.2) is 48.9 Å². The summed E-state index contributed by atoms with van der Waals surface area (Å²) in [6, 6.07) is 8.01. The van der Waals surface area contributed by atoms with Crippen molar-refractivity contribution < 1.29 is 9.18 Å². The molecule has 0 saturated heterocycles. The molecule has 0 aliphatic rings. The van der Waals surface area contributed by atoms with Crippen LogP contribution in [0.3, 0.4) is 0 Å². The van der Waals surface area contributed by atoms with Crippen molar-refractivity contribution in [3.63, 3.8) is 0 Å². The van der Waals surface area contributed by atoms with Gasteiger partial charge in [-0.2, -0.15) is 0 Å². The number of aromatic amines is 1. The molecule has 2 N–H and O–H groups in total. The molecule has 3 rings (SSSR count). The summed E-state index contributed by atoms with van der Waals surface area (Å²) in [5.41, 5.74) is 2.03. The molecule has 0 atom stereocenters. The SMILES string of the molecule is O=C(NCc1cccnc1)c1c[nH]c2cc(F)ccc12. The minimum Gasteiger partial charge on any atom is -0.360 e. The van der Waals surface area contributed by atoms with Crippen molar-refractivity contribution in [1.82, 2.24) is 15.3 Å². The minimum atomic E-state index is -0.332. The summed E-state index contributed by atoms with van der Waals surface area (Å²) in [5.74, 6) is -0.534. The molecule has 0 spiro atoms. The lowest BCUT2D eigenvalue weighted by molar-refractivity contribution is 0.0952. The Morgan fingerprint density at radius 2 is 2.25 bits per heavy atom. The number of amides is 1. The first kappa shape index (κ1) is 12.3. The predicted molar refractivity (Wildman–Crippen MR) is 73.7 cm³/mol. The van der Waals surface area contributed by atoms with E-state index in [9.17, 15) is 9.18 Å². The van der Waals surface area contributed by atoms with Crippen LogP contribution >= 0.6 is 0 Å². The lowest BCUT2D eigenvalue weighted by atomic mass is 10.1. The number of benzene rings is 1. The summed E-state index contributed by atoms with van der Waals surface area (Å²) in [7, 11) is 0. The van der Waals surface area contributed by atoms with Crippen LogP contribution in [0.25, 0.3) is 10.9 Å². The number of halogens is 1. The summed E-state index contributed by atoms with van der Waals surface area (Å²) in [6.07, 6.45) is 4.97. The predicted octanol–water partition coefficient (Wildman–Crippen LogP) is 2.63. The molecule has 0 radical (unpaired) electrons. The van der Waals surface area contributed by atoms with E-state index in [2.05, 4.69) is 15.3 Å². The Morgan fingerprint density at radius 3 is 3.05 bits per heavy atom. The molecule has 3 aromatic rings. The summed E-state index contributed by atoms with van der Waals surface area (Å²) in [6.45, 7) is 0.403. The van der Waals surface area contributed by atoms with Crippen molar-refractivity contribution in [3.8, 4) is 0 Å². The van der Waals surface area contributed by atoms with Crippen molar-refractivity contribution in [3.05, 3.63) is 65.9 Å². The van der Waals surface area contributed by atoms with E-state index >= 15 is 0 Å². The fraction of sp³-hybridized carbons (Fsp3) is 0.0667. The number of pyridine rings is 1. The molecule has 0 aliphatic heterocycles. The van der Waals surface area contributed by atoms with Gasteiger partial charge < -0.3 is 10.3 Å². The van der Waals surface area contributed by atoms with E-state index in [1.807, 2.05) is 12.1 Å². The fourth-order valence-corrected chi connectivity index (χ4v) is 2.07. The molecule has 0 bridgehead atoms. The minimum absolute atomic E-state index is 0.202. The van der Waals surface area contributed by atoms with Crippen LogP contribution in [0.1, 0.15) is 15.9 Å². The Balaban J connectivity index is 1.79. The van der Waals surface area contributed by atoms with Gasteiger partial charge in [0.05, 0.1) is 5.56 Å². The molecule has 2 heterocycles. The number of rotatable bonds is 3. The maximum absolute atomic E-state index is 13.1. The number of H-pyrrole nitrogens is 1. The lowest BCUT2D eigenvalue weighted by Gasteiger charge is -2.04. The van der Waals surface area contributed by atoms with E-state index in [-0.39, 0.29) is 11.7 Å². The van der Waals surface area contributed by atoms with E-state index in [1.165, 1.54) is 12.1 Å². The first-order chi connectivity index (χ1) is 9.74. The first-order valence-corrected chi connectivity index (χ1v) is 6.18. The number of aromatic nitrogens is 2. The van der Waals surface area contributed by atoms with Crippen LogP contribution in [0.4, 0.5) is 4.39 Å². The van der Waals surface area contributed by atoms with E-state index in [0.717, 1.165) is 5.56 Å². The van der Waals surface area contributed by atoms with Crippen molar-refractivity contribution in [2.45, 2.75) is 6.54 Å². The highest BCUT2D eigenvalue weighted by Gasteiger charge is 2.12. The molecule has 4 nitrogen and oxygen atoms in total. The average molecular weight is 269 g/mol. The van der Waals surface area contributed by atoms with Crippen LogP contribution in [0.5, 0.6) is 0 Å². The zero-order valence-electron chi connectivity index (χ0n) is 10.6. The molecule has 1 amide bonds. The van der Waals surface area contributed by atoms with Gasteiger partial charge in [0, 0.05) is 36.0 Å². The molecule has 0 unspecified atom stereocenters. The molecular formula is C15H12FN3O. The number of fused-ring (bicyclic) bond motifs is 1. The number of carbonyl (C=O) groups excluding carboxylic acids is 1. The normalized spacial score (nSPS) is 10.7. The third-order valence-corrected chi connectivity index (χ3v) is 3.06. The number of hydrogen-bond donors (Lipinski definition) is 2. The smallest absolute Gasteiger partial charge is 0.253 e. The van der Waals surface area contributed by atoms with E-state index in [1.54, 1.807) is 24.7 Å². The highest BCUT2D eigenvalue weighted by Crippen LogP contribution is 2.19. The number of nitrogens with zero attached hydrogens (tertiary/aromatic N) is 1. The van der Waals surface area contributed by atoms with Gasteiger partial charge in [0.25, 0.3) is 5.91 Å². The number of nitrogens with one attached hydrogen (secondary N) is 2. The highest BCUT2D eigenvalue weighted by atomic mass is 19.1. The van der Waals surface area contributed by atoms with Gasteiger partial charge in [-0.25, -0.2) is 4.39 Å². The quantitative estimate of drug-likeness (QED) is 0.768. The Morgan fingerprint density at radius 1 is 1.35 bits per heavy atom. The maximum Gasteiger partial charge on any atom is 0.253 e. The second kappa shape index (κ2) is 5.13. The van der Waals surface area contributed by atoms with Gasteiger partial charge >= 0.3 is 0 Å². The van der Waals surface area contributed by atoms with Gasteiger partial charge in [0.2, 0.25) is 0 Å². The third kappa shape index (κ3) is 2.38. The Hall–Kier alpha value is -2.69. The highest BCUT2D eigenvalue weighted by molar-refractivity contribution is 6.06. The molecule has 0 fully saturated rings. The van der Waals surface area contributed by atoms with Gasteiger partial charge in [0.15, 0.2) is 0 Å². The van der Waals surface area contributed by atoms with Crippen LogP contribution < -0.4 is 5.32 Å². The molecular weight excluding hydrogens is 257 g/mol. The van der Waals surface area contributed by atoms with Crippen molar-refractivity contribution in [2.75, 3.05) is 0 Å². The van der Waals surface area contributed by atoms with Crippen LogP contribution in [0.2, 0.25) is 0 Å². The topological polar surface area (TPSA) is 57.8 Å². The molecule has 100 valence electrons. The second-order valence-electron chi connectivity index (χ2n) is 4.44. The van der Waals surface area contributed by atoms with Crippen LogP contribution in [0, 0.1) is 5.82 Å². The summed E-state index contributed by atoms with van der Waals surface area (Å²) in [4.78, 5) is 19.0. The number of carbonyl (C=O) groups is 1. The van der Waals surface area contributed by atoms with Gasteiger partial charge in [-0.15, -0.1) is 0 Å². The van der Waals surface area contributed by atoms with E-state index < -0.39 is 0 Å². The summed E-state index contributed by atoms with van der Waals surface area (Å²) >= 11 is 0. The molecule has 0 aliphatic carbocycles. The third-order valence-electron chi connectivity index (χ3n) is 3.06. The van der Waals surface area contributed by atoms with Crippen molar-refractivity contribution in [2.24, 2.45) is 0 Å². The second-order valence-corrected chi connectivity index (χ2v) is 4.44. The molecule has 2 aromatic heterocycles. The zero-order valence-corrected chi connectivity index (χ0v) is 10.6. The molecule has 0 saturated carbocycles. The molecule has 20 heavy (non-hydrogen) atoms. The van der Waals surface area contributed by atoms with Gasteiger partial charge in [-0.1, -0.05) is 6.07 Å². The lowest BCUT2D eigenvalue weighted by Crippen LogP contribution is -2.22. The zero-order chi connectivity index (χ0) is 13.9. The van der Waals surface area contributed by atoms with Gasteiger partial charge in [0.1, 0.15) is 5.82 Å². The van der Waals surface area contributed by atoms with Crippen molar-refractivity contribution >= 4 is 16.8 Å². The summed E-state index contributed by atoms with van der Waals surface area (Å²) in [5, 5.41) is 3.52. The van der Waals surface area contributed by atoms with Crippen LogP contribution in [-0.2, 0) is 6.54 Å². The Bertz CT molecular complexity index is 752. The fourth-order valence-electron chi connectivity index (χ4n) is 2.07. The van der Waals surface area contributed by atoms with Crippen LogP contribution in [-0.4, -0.2) is 15.9 Å². The Kier molecular flexibility index (Phi) is 3.16. The average Bonchev–Trinajstić information content (AvgIpc) is 2.89. The maximum atomic E-state index is 13.1. The molecule has 1 aromatic carbocycles. The van der Waals surface area contributed by atoms with Gasteiger partial charge in [-0.05, 0) is 29.8 Å². The monoisotopic (exact) mass is 269 g/mol.